The molecular weight excluding hydrogens is 256 g/mol. The quantitative estimate of drug-likeness (QED) is 0.813. The van der Waals surface area contributed by atoms with Crippen molar-refractivity contribution in [1.29, 1.82) is 0 Å². The summed E-state index contributed by atoms with van der Waals surface area (Å²) in [6.07, 6.45) is 2.54. The zero-order valence-electron chi connectivity index (χ0n) is 14.2. The minimum atomic E-state index is 0.467. The Morgan fingerprint density at radius 3 is 2.52 bits per heavy atom. The van der Waals surface area contributed by atoms with Crippen LogP contribution in [0.5, 0.6) is 0 Å². The molecule has 0 spiro atoms. The van der Waals surface area contributed by atoms with Crippen molar-refractivity contribution in [3.63, 3.8) is 0 Å². The summed E-state index contributed by atoms with van der Waals surface area (Å²) in [7, 11) is 0. The lowest BCUT2D eigenvalue weighted by Crippen LogP contribution is -2.37. The maximum atomic E-state index is 3.76. The molecule has 4 unspecified atom stereocenters. The van der Waals surface area contributed by atoms with E-state index in [-0.39, 0.29) is 0 Å². The maximum Gasteiger partial charge on any atom is 0.0358 e. The molecule has 1 aliphatic rings. The molecule has 1 aliphatic heterocycles. The summed E-state index contributed by atoms with van der Waals surface area (Å²) in [6, 6.07) is 12.2. The molecule has 4 atom stereocenters. The van der Waals surface area contributed by atoms with E-state index in [1.807, 2.05) is 0 Å². The van der Waals surface area contributed by atoms with Gasteiger partial charge in [-0.3, -0.25) is 0 Å². The number of hydrogen-bond donors (Lipinski definition) is 1. The first-order valence-electron chi connectivity index (χ1n) is 8.64. The highest BCUT2D eigenvalue weighted by Crippen LogP contribution is 2.28. The monoisotopic (exact) mass is 288 g/mol. The van der Waals surface area contributed by atoms with Gasteiger partial charge in [-0.25, -0.2) is 0 Å². The molecule has 1 fully saturated rings. The van der Waals surface area contributed by atoms with Crippen LogP contribution < -0.4 is 5.32 Å². The van der Waals surface area contributed by atoms with Gasteiger partial charge in [-0.15, -0.1) is 0 Å². The summed E-state index contributed by atoms with van der Waals surface area (Å²) in [5.74, 6) is 1.48. The summed E-state index contributed by atoms with van der Waals surface area (Å²) >= 11 is 0. The lowest BCUT2D eigenvalue weighted by molar-refractivity contribution is 0.203. The first-order chi connectivity index (χ1) is 10.1. The lowest BCUT2D eigenvalue weighted by Gasteiger charge is -2.31. The molecule has 118 valence electrons. The van der Waals surface area contributed by atoms with Crippen molar-refractivity contribution in [3.05, 3.63) is 35.9 Å². The molecule has 0 aromatic heterocycles. The molecule has 0 aliphatic carbocycles. The Bertz CT molecular complexity index is 403. The van der Waals surface area contributed by atoms with Crippen LogP contribution in [0.3, 0.4) is 0 Å². The summed E-state index contributed by atoms with van der Waals surface area (Å²) in [5.41, 5.74) is 1.43. The van der Waals surface area contributed by atoms with Gasteiger partial charge >= 0.3 is 0 Å². The van der Waals surface area contributed by atoms with E-state index in [4.69, 9.17) is 0 Å². The molecule has 0 amide bonds. The number of rotatable bonds is 7. The minimum Gasteiger partial charge on any atom is -0.310 e. The van der Waals surface area contributed by atoms with Crippen molar-refractivity contribution in [2.75, 3.05) is 19.6 Å². The van der Waals surface area contributed by atoms with Gasteiger partial charge in [-0.05, 0) is 43.7 Å². The molecule has 0 bridgehead atoms. The van der Waals surface area contributed by atoms with Crippen molar-refractivity contribution >= 4 is 0 Å². The number of hydrogen-bond acceptors (Lipinski definition) is 2. The van der Waals surface area contributed by atoms with E-state index >= 15 is 0 Å². The molecule has 1 heterocycles. The van der Waals surface area contributed by atoms with Gasteiger partial charge < -0.3 is 10.2 Å². The van der Waals surface area contributed by atoms with Crippen molar-refractivity contribution in [2.45, 2.75) is 52.6 Å². The van der Waals surface area contributed by atoms with Gasteiger partial charge in [0, 0.05) is 25.2 Å². The summed E-state index contributed by atoms with van der Waals surface area (Å²) in [6.45, 7) is 13.0. The van der Waals surface area contributed by atoms with Gasteiger partial charge in [0.2, 0.25) is 0 Å². The first-order valence-corrected chi connectivity index (χ1v) is 8.64. The molecule has 1 saturated heterocycles. The van der Waals surface area contributed by atoms with Crippen LogP contribution in [0.4, 0.5) is 0 Å². The summed E-state index contributed by atoms with van der Waals surface area (Å²) in [5, 5.41) is 3.76. The number of nitrogens with one attached hydrogen (secondary N) is 1. The largest absolute Gasteiger partial charge is 0.310 e. The van der Waals surface area contributed by atoms with E-state index < -0.39 is 0 Å². The van der Waals surface area contributed by atoms with Gasteiger partial charge in [0.15, 0.2) is 0 Å². The molecule has 2 nitrogen and oxygen atoms in total. The Kier molecular flexibility index (Phi) is 6.25. The van der Waals surface area contributed by atoms with Crippen LogP contribution in [0.25, 0.3) is 0 Å². The van der Waals surface area contributed by atoms with Gasteiger partial charge in [0.1, 0.15) is 0 Å². The van der Waals surface area contributed by atoms with Gasteiger partial charge in [0.05, 0.1) is 0 Å². The number of likely N-dealkylation sites (tertiary alicyclic amines) is 1. The third-order valence-corrected chi connectivity index (χ3v) is 4.78. The maximum absolute atomic E-state index is 3.76. The number of nitrogens with zero attached hydrogens (tertiary/aromatic N) is 1. The molecule has 21 heavy (non-hydrogen) atoms. The summed E-state index contributed by atoms with van der Waals surface area (Å²) < 4.78 is 0. The predicted octanol–water partition coefficient (Wildman–Crippen LogP) is 4.09. The SMILES string of the molecule is CCCNC(c1ccccc1)C(C)CN1CC(C)CC1C. The van der Waals surface area contributed by atoms with Crippen LogP contribution in [0.1, 0.15) is 52.1 Å². The molecule has 1 aromatic rings. The Morgan fingerprint density at radius 1 is 1.24 bits per heavy atom. The number of benzene rings is 1. The molecular formula is C19H32N2. The van der Waals surface area contributed by atoms with Crippen molar-refractivity contribution in [3.8, 4) is 0 Å². The fourth-order valence-corrected chi connectivity index (χ4v) is 3.72. The average Bonchev–Trinajstić information content (AvgIpc) is 2.78. The van der Waals surface area contributed by atoms with E-state index in [9.17, 15) is 0 Å². The fraction of sp³-hybridized carbons (Fsp3) is 0.684. The van der Waals surface area contributed by atoms with E-state index in [0.717, 1.165) is 18.5 Å². The average molecular weight is 288 g/mol. The fourth-order valence-electron chi connectivity index (χ4n) is 3.72. The molecule has 2 rings (SSSR count). The highest BCUT2D eigenvalue weighted by atomic mass is 15.2. The predicted molar refractivity (Wildman–Crippen MR) is 91.5 cm³/mol. The van der Waals surface area contributed by atoms with Crippen LogP contribution in [-0.4, -0.2) is 30.6 Å². The second-order valence-electron chi connectivity index (χ2n) is 6.96. The third-order valence-electron chi connectivity index (χ3n) is 4.78. The molecule has 1 aromatic carbocycles. The van der Waals surface area contributed by atoms with E-state index in [2.05, 4.69) is 68.2 Å². The van der Waals surface area contributed by atoms with Crippen LogP contribution in [0, 0.1) is 11.8 Å². The Hall–Kier alpha value is -0.860. The van der Waals surface area contributed by atoms with Gasteiger partial charge in [-0.1, -0.05) is 51.1 Å². The van der Waals surface area contributed by atoms with Crippen molar-refractivity contribution in [2.24, 2.45) is 11.8 Å². The van der Waals surface area contributed by atoms with Crippen molar-refractivity contribution in [1.82, 2.24) is 10.2 Å². The third kappa shape index (κ3) is 4.55. The van der Waals surface area contributed by atoms with E-state index in [0.29, 0.717) is 12.0 Å². The van der Waals surface area contributed by atoms with Crippen molar-refractivity contribution < 1.29 is 0 Å². The standard InChI is InChI=1S/C19H32N2/c1-5-11-20-19(18-9-7-6-8-10-18)16(3)14-21-13-15(2)12-17(21)4/h6-10,15-17,19-20H,5,11-14H2,1-4H3. The Morgan fingerprint density at radius 2 is 1.95 bits per heavy atom. The van der Waals surface area contributed by atoms with Crippen LogP contribution in [-0.2, 0) is 0 Å². The van der Waals surface area contributed by atoms with Crippen LogP contribution in [0.2, 0.25) is 0 Å². The first kappa shape index (κ1) is 16.5. The Balaban J connectivity index is 2.02. The second-order valence-corrected chi connectivity index (χ2v) is 6.96. The van der Waals surface area contributed by atoms with Gasteiger partial charge in [0.25, 0.3) is 0 Å². The van der Waals surface area contributed by atoms with Crippen LogP contribution >= 0.6 is 0 Å². The Labute approximate surface area is 130 Å². The normalized spacial score (nSPS) is 25.9. The highest BCUT2D eigenvalue weighted by Gasteiger charge is 2.29. The smallest absolute Gasteiger partial charge is 0.0358 e. The van der Waals surface area contributed by atoms with Crippen LogP contribution in [0.15, 0.2) is 30.3 Å². The minimum absolute atomic E-state index is 0.467. The van der Waals surface area contributed by atoms with Gasteiger partial charge in [-0.2, -0.15) is 0 Å². The molecule has 1 N–H and O–H groups in total. The molecule has 2 heteroatoms. The highest BCUT2D eigenvalue weighted by molar-refractivity contribution is 5.19. The zero-order chi connectivity index (χ0) is 15.2. The molecule has 0 saturated carbocycles. The second kappa shape index (κ2) is 7.95. The molecule has 0 radical (unpaired) electrons. The topological polar surface area (TPSA) is 15.3 Å². The zero-order valence-corrected chi connectivity index (χ0v) is 14.2. The van der Waals surface area contributed by atoms with E-state index in [1.165, 1.54) is 31.5 Å². The summed E-state index contributed by atoms with van der Waals surface area (Å²) in [4.78, 5) is 2.68. The van der Waals surface area contributed by atoms with E-state index in [1.54, 1.807) is 0 Å². The lowest BCUT2D eigenvalue weighted by atomic mass is 9.93.